The van der Waals surface area contributed by atoms with Crippen molar-refractivity contribution in [1.29, 1.82) is 0 Å². The molecule has 60 valence electrons. The topological polar surface area (TPSA) is 20.2 Å². The van der Waals surface area contributed by atoms with Gasteiger partial charge in [0.1, 0.15) is 5.60 Å². The Kier molecular flexibility index (Phi) is 1.94. The average molecular weight is 168 g/mol. The van der Waals surface area contributed by atoms with Crippen molar-refractivity contribution in [3.8, 4) is 0 Å². The van der Waals surface area contributed by atoms with E-state index in [1.165, 1.54) is 0 Å². The van der Waals surface area contributed by atoms with E-state index in [9.17, 15) is 13.9 Å². The summed E-state index contributed by atoms with van der Waals surface area (Å²) in [5.41, 5.74) is -1.84. The Labute approximate surface area is 63.8 Å². The summed E-state index contributed by atoms with van der Waals surface area (Å²) >= 11 is 3.05. The highest BCUT2D eigenvalue weighted by molar-refractivity contribution is 7.81. The first-order chi connectivity index (χ1) is 4.46. The zero-order chi connectivity index (χ0) is 7.83. The van der Waals surface area contributed by atoms with Crippen LogP contribution in [0.1, 0.15) is 25.7 Å². The number of aliphatic hydroxyl groups is 1. The first-order valence-corrected chi connectivity index (χ1v) is 3.73. The van der Waals surface area contributed by atoms with E-state index < -0.39 is 10.9 Å². The fourth-order valence-corrected chi connectivity index (χ4v) is 1.48. The zero-order valence-electron chi connectivity index (χ0n) is 5.48. The smallest absolute Gasteiger partial charge is 0.319 e. The summed E-state index contributed by atoms with van der Waals surface area (Å²) in [5.74, 6) is 0. The van der Waals surface area contributed by atoms with Crippen LogP contribution in [-0.4, -0.2) is 16.0 Å². The van der Waals surface area contributed by atoms with Crippen molar-refractivity contribution in [3.05, 3.63) is 0 Å². The quantitative estimate of drug-likeness (QED) is 0.572. The van der Waals surface area contributed by atoms with Gasteiger partial charge in [0.05, 0.1) is 0 Å². The van der Waals surface area contributed by atoms with Gasteiger partial charge >= 0.3 is 5.25 Å². The summed E-state index contributed by atoms with van der Waals surface area (Å²) in [7, 11) is 0. The number of hydrogen-bond donors (Lipinski definition) is 2. The predicted molar refractivity (Wildman–Crippen MR) is 37.4 cm³/mol. The molecule has 0 aromatic heterocycles. The van der Waals surface area contributed by atoms with Crippen LogP contribution in [-0.2, 0) is 0 Å². The van der Waals surface area contributed by atoms with Crippen molar-refractivity contribution in [2.24, 2.45) is 0 Å². The van der Waals surface area contributed by atoms with Gasteiger partial charge in [-0.2, -0.15) is 8.78 Å². The van der Waals surface area contributed by atoms with E-state index in [1.54, 1.807) is 0 Å². The molecule has 0 aliphatic heterocycles. The number of alkyl halides is 2. The third kappa shape index (κ3) is 1.27. The molecular weight excluding hydrogens is 158 g/mol. The van der Waals surface area contributed by atoms with Crippen molar-refractivity contribution in [2.45, 2.75) is 36.5 Å². The molecule has 0 aromatic carbocycles. The maximum absolute atomic E-state index is 12.4. The molecule has 1 saturated carbocycles. The molecule has 0 heterocycles. The molecule has 1 nitrogen and oxygen atoms in total. The lowest BCUT2D eigenvalue weighted by molar-refractivity contribution is -0.114. The van der Waals surface area contributed by atoms with Crippen LogP contribution in [0.15, 0.2) is 0 Å². The van der Waals surface area contributed by atoms with Crippen LogP contribution in [0.4, 0.5) is 8.78 Å². The lowest BCUT2D eigenvalue weighted by atomic mass is 10.0. The fraction of sp³-hybridized carbons (Fsp3) is 1.00. The third-order valence-corrected chi connectivity index (χ3v) is 2.41. The van der Waals surface area contributed by atoms with Crippen molar-refractivity contribution in [1.82, 2.24) is 0 Å². The fourth-order valence-electron chi connectivity index (χ4n) is 1.26. The van der Waals surface area contributed by atoms with E-state index in [4.69, 9.17) is 0 Å². The molecule has 4 heteroatoms. The highest BCUT2D eigenvalue weighted by atomic mass is 32.1. The molecule has 0 bridgehead atoms. The van der Waals surface area contributed by atoms with Crippen molar-refractivity contribution in [3.63, 3.8) is 0 Å². The Balaban J connectivity index is 2.67. The first kappa shape index (κ1) is 8.27. The summed E-state index contributed by atoms with van der Waals surface area (Å²) in [6, 6.07) is 0. The molecule has 1 rings (SSSR count). The molecule has 10 heavy (non-hydrogen) atoms. The first-order valence-electron chi connectivity index (χ1n) is 3.28. The Morgan fingerprint density at radius 1 is 1.30 bits per heavy atom. The minimum atomic E-state index is -3.23. The summed E-state index contributed by atoms with van der Waals surface area (Å²) in [6.45, 7) is 0. The van der Waals surface area contributed by atoms with Gasteiger partial charge in [-0.25, -0.2) is 0 Å². The van der Waals surface area contributed by atoms with E-state index >= 15 is 0 Å². The molecular formula is C6H10F2OS. The molecule has 0 radical (unpaired) electrons. The Morgan fingerprint density at radius 2 is 1.70 bits per heavy atom. The van der Waals surface area contributed by atoms with Crippen LogP contribution in [0, 0.1) is 0 Å². The van der Waals surface area contributed by atoms with Crippen LogP contribution in [0.25, 0.3) is 0 Å². The van der Waals surface area contributed by atoms with Crippen LogP contribution in [0.3, 0.4) is 0 Å². The summed E-state index contributed by atoms with van der Waals surface area (Å²) in [4.78, 5) is 0. The molecule has 0 saturated heterocycles. The number of thiol groups is 1. The third-order valence-electron chi connectivity index (χ3n) is 1.99. The monoisotopic (exact) mass is 168 g/mol. The molecule has 0 amide bonds. The summed E-state index contributed by atoms with van der Waals surface area (Å²) < 4.78 is 24.9. The molecule has 0 atom stereocenters. The maximum atomic E-state index is 12.4. The van der Waals surface area contributed by atoms with Gasteiger partial charge < -0.3 is 5.11 Å². The molecule has 0 unspecified atom stereocenters. The van der Waals surface area contributed by atoms with Gasteiger partial charge in [-0.15, -0.1) is 12.6 Å². The highest BCUT2D eigenvalue weighted by Crippen LogP contribution is 2.43. The second-order valence-electron chi connectivity index (χ2n) is 2.78. The summed E-state index contributed by atoms with van der Waals surface area (Å²) in [6.07, 6.45) is 1.69. The Bertz CT molecular complexity index is 126. The number of rotatable bonds is 1. The van der Waals surface area contributed by atoms with Crippen LogP contribution in [0.5, 0.6) is 0 Å². The van der Waals surface area contributed by atoms with Crippen molar-refractivity contribution in [2.75, 3.05) is 0 Å². The SMILES string of the molecule is OC1(C(F)(F)S)CCCC1. The molecule has 1 aliphatic carbocycles. The molecule has 0 aromatic rings. The van der Waals surface area contributed by atoms with E-state index in [-0.39, 0.29) is 12.8 Å². The standard InChI is InChI=1S/C6H10F2OS/c7-6(8,10)5(9)3-1-2-4-5/h9-10H,1-4H2. The largest absolute Gasteiger partial charge is 0.383 e. The van der Waals surface area contributed by atoms with Crippen LogP contribution >= 0.6 is 12.6 Å². The van der Waals surface area contributed by atoms with E-state index in [2.05, 4.69) is 12.6 Å². The average Bonchev–Trinajstić information content (AvgIpc) is 2.13. The summed E-state index contributed by atoms with van der Waals surface area (Å²) in [5, 5.41) is 5.97. The number of halogens is 2. The minimum Gasteiger partial charge on any atom is -0.383 e. The van der Waals surface area contributed by atoms with Crippen LogP contribution in [0.2, 0.25) is 0 Å². The lowest BCUT2D eigenvalue weighted by Crippen LogP contribution is -2.41. The van der Waals surface area contributed by atoms with Gasteiger partial charge in [-0.3, -0.25) is 0 Å². The second-order valence-corrected chi connectivity index (χ2v) is 3.34. The van der Waals surface area contributed by atoms with Crippen molar-refractivity contribution < 1.29 is 13.9 Å². The van der Waals surface area contributed by atoms with Crippen molar-refractivity contribution >= 4 is 12.6 Å². The zero-order valence-corrected chi connectivity index (χ0v) is 6.37. The molecule has 1 fully saturated rings. The maximum Gasteiger partial charge on any atom is 0.319 e. The number of hydrogen-bond acceptors (Lipinski definition) is 2. The predicted octanol–water partition coefficient (Wildman–Crippen LogP) is 1.81. The highest BCUT2D eigenvalue weighted by Gasteiger charge is 2.51. The van der Waals surface area contributed by atoms with Gasteiger partial charge in [0.25, 0.3) is 0 Å². The van der Waals surface area contributed by atoms with E-state index in [0.29, 0.717) is 12.8 Å². The lowest BCUT2D eigenvalue weighted by Gasteiger charge is -2.27. The molecule has 1 aliphatic rings. The van der Waals surface area contributed by atoms with Gasteiger partial charge in [0.15, 0.2) is 0 Å². The molecule has 0 spiro atoms. The van der Waals surface area contributed by atoms with Gasteiger partial charge in [-0.1, -0.05) is 12.8 Å². The van der Waals surface area contributed by atoms with Gasteiger partial charge in [-0.05, 0) is 12.8 Å². The van der Waals surface area contributed by atoms with Crippen LogP contribution < -0.4 is 0 Å². The normalized spacial score (nSPS) is 25.2. The van der Waals surface area contributed by atoms with Gasteiger partial charge in [0, 0.05) is 0 Å². The van der Waals surface area contributed by atoms with E-state index in [0.717, 1.165) is 0 Å². The van der Waals surface area contributed by atoms with Gasteiger partial charge in [0.2, 0.25) is 0 Å². The Hall–Kier alpha value is 0.170. The molecule has 1 N–H and O–H groups in total. The second kappa shape index (κ2) is 2.34. The van der Waals surface area contributed by atoms with E-state index in [1.807, 2.05) is 0 Å². The minimum absolute atomic E-state index is 0.170. The Morgan fingerprint density at radius 3 is 1.90 bits per heavy atom.